The van der Waals surface area contributed by atoms with E-state index in [2.05, 4.69) is 9.97 Å². The first-order valence-corrected chi connectivity index (χ1v) is 10.2. The first-order valence-electron chi connectivity index (χ1n) is 10.2. The van der Waals surface area contributed by atoms with Gasteiger partial charge in [-0.3, -0.25) is 14.3 Å². The number of hydrogen-bond donors (Lipinski definition) is 2. The van der Waals surface area contributed by atoms with Crippen LogP contribution < -0.4 is 10.5 Å². The lowest BCUT2D eigenvalue weighted by molar-refractivity contribution is -0.0380. The topological polar surface area (TPSA) is 91.5 Å². The summed E-state index contributed by atoms with van der Waals surface area (Å²) in [5, 5.41) is 20.0. The van der Waals surface area contributed by atoms with E-state index < -0.39 is 6.41 Å². The van der Waals surface area contributed by atoms with E-state index >= 15 is 0 Å². The summed E-state index contributed by atoms with van der Waals surface area (Å²) in [6.07, 6.45) is 3.22. The van der Waals surface area contributed by atoms with Gasteiger partial charge in [0.2, 0.25) is 12.4 Å². The van der Waals surface area contributed by atoms with E-state index in [1.54, 1.807) is 23.6 Å². The predicted molar refractivity (Wildman–Crippen MR) is 113 cm³/mol. The second-order valence-electron chi connectivity index (χ2n) is 7.86. The molecule has 0 atom stereocenters. The number of hydrogen-bond acceptors (Lipinski definition) is 6. The number of aliphatic hydroxyl groups excluding tert-OH is 1. The molecule has 8 heteroatoms. The summed E-state index contributed by atoms with van der Waals surface area (Å²) in [4.78, 5) is 23.1. The standard InChI is InChI=1S/C22H25FN4O3/c1-13-12-14(23)8-9-16(13)19-17-10-11-18(28)27(15-6-4-3-5-7-15)20(17)25-21(24-19)26(2)22(29)30/h8-12,15,22,29-30H,3-7H2,1-2H3. The molecule has 1 aliphatic carbocycles. The second kappa shape index (κ2) is 8.12. The molecule has 2 N–H and O–H groups in total. The molecule has 1 aromatic carbocycles. The fourth-order valence-corrected chi connectivity index (χ4v) is 4.17. The molecule has 3 aromatic rings. The van der Waals surface area contributed by atoms with Crippen LogP contribution in [0.3, 0.4) is 0 Å². The Hall–Kier alpha value is -2.84. The zero-order chi connectivity index (χ0) is 21.4. The Morgan fingerprint density at radius 3 is 2.53 bits per heavy atom. The van der Waals surface area contributed by atoms with Crippen molar-refractivity contribution in [2.75, 3.05) is 11.9 Å². The van der Waals surface area contributed by atoms with Crippen LogP contribution in [-0.2, 0) is 0 Å². The van der Waals surface area contributed by atoms with Crippen LogP contribution in [0.2, 0.25) is 0 Å². The van der Waals surface area contributed by atoms with E-state index in [1.165, 1.54) is 25.2 Å². The molecule has 2 aromatic heterocycles. The van der Waals surface area contributed by atoms with Gasteiger partial charge in [0, 0.05) is 30.1 Å². The Bertz CT molecular complexity index is 1140. The number of halogens is 1. The summed E-state index contributed by atoms with van der Waals surface area (Å²) in [5.41, 5.74) is 2.20. The first-order chi connectivity index (χ1) is 14.4. The molecule has 0 unspecified atom stereocenters. The smallest absolute Gasteiger partial charge is 0.252 e. The van der Waals surface area contributed by atoms with E-state index in [-0.39, 0.29) is 23.4 Å². The average Bonchev–Trinajstić information content (AvgIpc) is 2.73. The van der Waals surface area contributed by atoms with Gasteiger partial charge in [0.15, 0.2) is 0 Å². The van der Waals surface area contributed by atoms with Crippen LogP contribution in [0, 0.1) is 12.7 Å². The lowest BCUT2D eigenvalue weighted by atomic mass is 9.95. The summed E-state index contributed by atoms with van der Waals surface area (Å²) in [6.45, 7) is 1.79. The zero-order valence-corrected chi connectivity index (χ0v) is 17.0. The van der Waals surface area contributed by atoms with Gasteiger partial charge in [-0.2, -0.15) is 4.98 Å². The number of nitrogens with zero attached hydrogens (tertiary/aromatic N) is 4. The zero-order valence-electron chi connectivity index (χ0n) is 17.0. The maximum atomic E-state index is 13.7. The minimum absolute atomic E-state index is 0.0317. The highest BCUT2D eigenvalue weighted by Crippen LogP contribution is 2.34. The van der Waals surface area contributed by atoms with E-state index in [0.29, 0.717) is 27.9 Å². The molecule has 0 bridgehead atoms. The minimum atomic E-state index is -1.80. The van der Waals surface area contributed by atoms with E-state index in [4.69, 9.17) is 0 Å². The average molecular weight is 412 g/mol. The molecular formula is C22H25FN4O3. The van der Waals surface area contributed by atoms with Crippen molar-refractivity contribution < 1.29 is 14.6 Å². The molecule has 158 valence electrons. The SMILES string of the molecule is Cc1cc(F)ccc1-c1nc(N(C)C(O)O)nc2c1ccc(=O)n2C1CCCCC1. The molecule has 2 heterocycles. The highest BCUT2D eigenvalue weighted by molar-refractivity contribution is 5.92. The Kier molecular flexibility index (Phi) is 5.53. The largest absolute Gasteiger partial charge is 0.351 e. The molecule has 1 aliphatic rings. The van der Waals surface area contributed by atoms with Crippen molar-refractivity contribution >= 4 is 17.0 Å². The molecule has 1 saturated carbocycles. The van der Waals surface area contributed by atoms with E-state index in [9.17, 15) is 19.4 Å². The molecule has 0 amide bonds. The van der Waals surface area contributed by atoms with E-state index in [1.807, 2.05) is 0 Å². The highest BCUT2D eigenvalue weighted by Gasteiger charge is 2.23. The maximum Gasteiger partial charge on any atom is 0.252 e. The van der Waals surface area contributed by atoms with Crippen molar-refractivity contribution in [2.24, 2.45) is 0 Å². The van der Waals surface area contributed by atoms with Crippen LogP contribution in [0.15, 0.2) is 35.1 Å². The Labute approximate surface area is 173 Å². The molecule has 30 heavy (non-hydrogen) atoms. The third-order valence-corrected chi connectivity index (χ3v) is 5.82. The van der Waals surface area contributed by atoms with Crippen molar-refractivity contribution in [1.29, 1.82) is 0 Å². The number of benzene rings is 1. The molecule has 0 saturated heterocycles. The van der Waals surface area contributed by atoms with Crippen LogP contribution in [0.25, 0.3) is 22.3 Å². The number of fused-ring (bicyclic) bond motifs is 1. The van der Waals surface area contributed by atoms with Gasteiger partial charge in [0.25, 0.3) is 5.56 Å². The molecular weight excluding hydrogens is 387 g/mol. The second-order valence-corrected chi connectivity index (χ2v) is 7.86. The van der Waals surface area contributed by atoms with Crippen molar-refractivity contribution in [3.8, 4) is 11.3 Å². The molecule has 7 nitrogen and oxygen atoms in total. The third-order valence-electron chi connectivity index (χ3n) is 5.82. The minimum Gasteiger partial charge on any atom is -0.351 e. The van der Waals surface area contributed by atoms with Crippen LogP contribution in [0.5, 0.6) is 0 Å². The fraction of sp³-hybridized carbons (Fsp3) is 0.409. The number of rotatable bonds is 4. The normalized spacial score (nSPS) is 15.1. The van der Waals surface area contributed by atoms with Gasteiger partial charge in [-0.1, -0.05) is 19.3 Å². The van der Waals surface area contributed by atoms with Crippen LogP contribution >= 0.6 is 0 Å². The highest BCUT2D eigenvalue weighted by atomic mass is 19.1. The van der Waals surface area contributed by atoms with Gasteiger partial charge in [-0.25, -0.2) is 9.37 Å². The first kappa shape index (κ1) is 20.4. The van der Waals surface area contributed by atoms with Gasteiger partial charge in [0.1, 0.15) is 11.5 Å². The number of anilines is 1. The van der Waals surface area contributed by atoms with Gasteiger partial charge in [-0.15, -0.1) is 0 Å². The quantitative estimate of drug-likeness (QED) is 0.640. The van der Waals surface area contributed by atoms with Crippen molar-refractivity contribution in [1.82, 2.24) is 14.5 Å². The van der Waals surface area contributed by atoms with Crippen molar-refractivity contribution in [2.45, 2.75) is 51.5 Å². The summed E-state index contributed by atoms with van der Waals surface area (Å²) >= 11 is 0. The van der Waals surface area contributed by atoms with Crippen LogP contribution in [0.1, 0.15) is 43.7 Å². The van der Waals surface area contributed by atoms with Gasteiger partial charge < -0.3 is 10.2 Å². The maximum absolute atomic E-state index is 13.7. The number of aliphatic hydroxyl groups is 2. The summed E-state index contributed by atoms with van der Waals surface area (Å²) in [7, 11) is 1.46. The summed E-state index contributed by atoms with van der Waals surface area (Å²) in [6, 6.07) is 7.66. The van der Waals surface area contributed by atoms with Gasteiger partial charge in [0.05, 0.1) is 5.69 Å². The molecule has 1 fully saturated rings. The summed E-state index contributed by atoms with van der Waals surface area (Å²) in [5.74, 6) is -0.275. The number of pyridine rings is 1. The Morgan fingerprint density at radius 2 is 1.87 bits per heavy atom. The number of aromatic nitrogens is 3. The summed E-state index contributed by atoms with van der Waals surface area (Å²) < 4.78 is 15.4. The lowest BCUT2D eigenvalue weighted by Gasteiger charge is -2.26. The van der Waals surface area contributed by atoms with Crippen molar-refractivity contribution in [3.63, 3.8) is 0 Å². The number of aryl methyl sites for hydroxylation is 1. The monoisotopic (exact) mass is 412 g/mol. The lowest BCUT2D eigenvalue weighted by Crippen LogP contribution is -2.33. The fourth-order valence-electron chi connectivity index (χ4n) is 4.17. The van der Waals surface area contributed by atoms with Crippen LogP contribution in [-0.4, -0.2) is 38.2 Å². The van der Waals surface area contributed by atoms with E-state index in [0.717, 1.165) is 37.0 Å². The molecule has 4 rings (SSSR count). The van der Waals surface area contributed by atoms with Gasteiger partial charge >= 0.3 is 0 Å². The van der Waals surface area contributed by atoms with Crippen molar-refractivity contribution in [3.05, 3.63) is 52.1 Å². The Morgan fingerprint density at radius 1 is 1.13 bits per heavy atom. The molecule has 0 aliphatic heterocycles. The molecule has 0 spiro atoms. The van der Waals surface area contributed by atoms with Crippen LogP contribution in [0.4, 0.5) is 10.3 Å². The molecule has 0 radical (unpaired) electrons. The predicted octanol–water partition coefficient (Wildman–Crippen LogP) is 3.12. The van der Waals surface area contributed by atoms with Gasteiger partial charge in [-0.05, 0) is 49.6 Å². The third kappa shape index (κ3) is 3.68. The Balaban J connectivity index is 2.04.